The van der Waals surface area contributed by atoms with Crippen LogP contribution >= 0.6 is 0 Å². The van der Waals surface area contributed by atoms with Crippen molar-refractivity contribution in [1.29, 1.82) is 5.41 Å². The molecule has 1 aliphatic rings. The van der Waals surface area contributed by atoms with Gasteiger partial charge in [-0.05, 0) is 26.4 Å². The van der Waals surface area contributed by atoms with Gasteiger partial charge in [0.25, 0.3) is 0 Å². The van der Waals surface area contributed by atoms with Gasteiger partial charge in [0.2, 0.25) is 0 Å². The molecule has 46 valence electrons. The average molecular weight is 112 g/mol. The first-order valence-corrected chi connectivity index (χ1v) is 3.04. The molecule has 2 nitrogen and oxygen atoms in total. The van der Waals surface area contributed by atoms with Crippen molar-refractivity contribution >= 4 is 5.71 Å². The van der Waals surface area contributed by atoms with E-state index >= 15 is 0 Å². The second-order valence-electron chi connectivity index (χ2n) is 2.44. The SMILES string of the molecule is CN1CCCC(=N)C1. The summed E-state index contributed by atoms with van der Waals surface area (Å²) >= 11 is 0. The number of hydrogen-bond acceptors (Lipinski definition) is 2. The molecule has 0 amide bonds. The van der Waals surface area contributed by atoms with Crippen molar-refractivity contribution in [2.24, 2.45) is 0 Å². The van der Waals surface area contributed by atoms with Gasteiger partial charge in [0.05, 0.1) is 0 Å². The molecule has 0 aromatic carbocycles. The maximum atomic E-state index is 7.28. The van der Waals surface area contributed by atoms with Crippen molar-refractivity contribution in [3.63, 3.8) is 0 Å². The van der Waals surface area contributed by atoms with Crippen LogP contribution in [0.4, 0.5) is 0 Å². The molecular weight excluding hydrogens is 100 g/mol. The number of nitrogens with one attached hydrogen (secondary N) is 1. The van der Waals surface area contributed by atoms with Crippen molar-refractivity contribution in [3.05, 3.63) is 0 Å². The predicted octanol–water partition coefficient (Wildman–Crippen LogP) is 0.732. The molecule has 1 N–H and O–H groups in total. The minimum atomic E-state index is 0.888. The van der Waals surface area contributed by atoms with Crippen molar-refractivity contribution in [3.8, 4) is 0 Å². The lowest BCUT2D eigenvalue weighted by atomic mass is 10.1. The zero-order chi connectivity index (χ0) is 5.98. The highest BCUT2D eigenvalue weighted by atomic mass is 15.1. The minimum Gasteiger partial charge on any atom is -0.308 e. The van der Waals surface area contributed by atoms with E-state index in [2.05, 4.69) is 11.9 Å². The van der Waals surface area contributed by atoms with Crippen LogP contribution < -0.4 is 0 Å². The summed E-state index contributed by atoms with van der Waals surface area (Å²) in [6, 6.07) is 0. The molecule has 0 saturated carbocycles. The van der Waals surface area contributed by atoms with Crippen LogP contribution in [0.3, 0.4) is 0 Å². The molecule has 0 bridgehead atoms. The Kier molecular flexibility index (Phi) is 1.63. The van der Waals surface area contributed by atoms with Gasteiger partial charge in [0, 0.05) is 12.3 Å². The van der Waals surface area contributed by atoms with Crippen LogP contribution in [-0.2, 0) is 0 Å². The zero-order valence-electron chi connectivity index (χ0n) is 5.28. The molecular formula is C6H12N2. The van der Waals surface area contributed by atoms with Gasteiger partial charge in [-0.25, -0.2) is 0 Å². The van der Waals surface area contributed by atoms with Gasteiger partial charge in [-0.1, -0.05) is 0 Å². The smallest absolute Gasteiger partial charge is 0.0357 e. The number of hydrogen-bond donors (Lipinski definition) is 1. The largest absolute Gasteiger partial charge is 0.308 e. The summed E-state index contributed by atoms with van der Waals surface area (Å²) in [5.41, 5.74) is 0.888. The van der Waals surface area contributed by atoms with Crippen molar-refractivity contribution in [1.82, 2.24) is 4.90 Å². The topological polar surface area (TPSA) is 27.1 Å². The van der Waals surface area contributed by atoms with Gasteiger partial charge in [-0.3, -0.25) is 0 Å². The highest BCUT2D eigenvalue weighted by molar-refractivity contribution is 5.83. The van der Waals surface area contributed by atoms with Crippen molar-refractivity contribution in [2.45, 2.75) is 12.8 Å². The third kappa shape index (κ3) is 1.30. The molecule has 8 heavy (non-hydrogen) atoms. The van der Waals surface area contributed by atoms with Crippen LogP contribution in [0.1, 0.15) is 12.8 Å². The Hall–Kier alpha value is -0.370. The minimum absolute atomic E-state index is 0.888. The zero-order valence-corrected chi connectivity index (χ0v) is 5.28. The third-order valence-corrected chi connectivity index (χ3v) is 1.48. The molecule has 1 aliphatic heterocycles. The maximum absolute atomic E-state index is 7.28. The van der Waals surface area contributed by atoms with E-state index in [4.69, 9.17) is 5.41 Å². The monoisotopic (exact) mass is 112 g/mol. The number of piperidine rings is 1. The van der Waals surface area contributed by atoms with Crippen LogP contribution in [-0.4, -0.2) is 30.7 Å². The first-order chi connectivity index (χ1) is 3.79. The van der Waals surface area contributed by atoms with E-state index in [9.17, 15) is 0 Å². The van der Waals surface area contributed by atoms with Gasteiger partial charge in [-0.15, -0.1) is 0 Å². The first-order valence-electron chi connectivity index (χ1n) is 3.04. The second-order valence-corrected chi connectivity index (χ2v) is 2.44. The molecule has 0 atom stereocenters. The summed E-state index contributed by atoms with van der Waals surface area (Å²) in [6.45, 7) is 2.06. The van der Waals surface area contributed by atoms with Crippen LogP contribution in [0.5, 0.6) is 0 Å². The molecule has 0 aliphatic carbocycles. The molecule has 1 rings (SSSR count). The Balaban J connectivity index is 2.34. The Morgan fingerprint density at radius 3 is 2.75 bits per heavy atom. The Morgan fingerprint density at radius 1 is 1.62 bits per heavy atom. The van der Waals surface area contributed by atoms with E-state index in [1.165, 1.54) is 13.0 Å². The highest BCUT2D eigenvalue weighted by Crippen LogP contribution is 2.01. The van der Waals surface area contributed by atoms with E-state index in [0.29, 0.717) is 0 Å². The summed E-state index contributed by atoms with van der Waals surface area (Å²) in [6.07, 6.45) is 2.19. The van der Waals surface area contributed by atoms with Crippen LogP contribution in [0.2, 0.25) is 0 Å². The highest BCUT2D eigenvalue weighted by Gasteiger charge is 2.08. The van der Waals surface area contributed by atoms with Crippen molar-refractivity contribution in [2.75, 3.05) is 20.1 Å². The van der Waals surface area contributed by atoms with Gasteiger partial charge >= 0.3 is 0 Å². The summed E-state index contributed by atoms with van der Waals surface area (Å²) < 4.78 is 0. The normalized spacial score (nSPS) is 23.9. The summed E-state index contributed by atoms with van der Waals surface area (Å²) in [4.78, 5) is 2.19. The van der Waals surface area contributed by atoms with Gasteiger partial charge in [0.15, 0.2) is 0 Å². The number of rotatable bonds is 0. The molecule has 1 heterocycles. The molecule has 0 aromatic rings. The van der Waals surface area contributed by atoms with E-state index in [1.54, 1.807) is 0 Å². The molecule has 0 aromatic heterocycles. The third-order valence-electron chi connectivity index (χ3n) is 1.48. The van der Waals surface area contributed by atoms with Crippen LogP contribution in [0.25, 0.3) is 0 Å². The van der Waals surface area contributed by atoms with Gasteiger partial charge in [0.1, 0.15) is 0 Å². The van der Waals surface area contributed by atoms with Crippen LogP contribution in [0, 0.1) is 5.41 Å². The van der Waals surface area contributed by atoms with Gasteiger partial charge in [-0.2, -0.15) is 0 Å². The summed E-state index contributed by atoms with van der Waals surface area (Å²) in [5.74, 6) is 0. The fraction of sp³-hybridized carbons (Fsp3) is 0.833. The van der Waals surface area contributed by atoms with Gasteiger partial charge < -0.3 is 10.3 Å². The Labute approximate surface area is 50.0 Å². The molecule has 1 saturated heterocycles. The quantitative estimate of drug-likeness (QED) is 0.491. The van der Waals surface area contributed by atoms with E-state index in [1.807, 2.05) is 0 Å². The molecule has 0 unspecified atom stereocenters. The fourth-order valence-corrected chi connectivity index (χ4v) is 1.05. The molecule has 0 radical (unpaired) electrons. The Morgan fingerprint density at radius 2 is 2.38 bits per heavy atom. The average Bonchev–Trinajstić information content (AvgIpc) is 1.64. The van der Waals surface area contributed by atoms with E-state index in [-0.39, 0.29) is 0 Å². The standard InChI is InChI=1S/C6H12N2/c1-8-4-2-3-6(7)5-8/h7H,2-5H2,1H3. The molecule has 0 spiro atoms. The lowest BCUT2D eigenvalue weighted by Crippen LogP contribution is -2.31. The first kappa shape index (κ1) is 5.76. The molecule has 1 fully saturated rings. The molecule has 2 heteroatoms. The lowest BCUT2D eigenvalue weighted by molar-refractivity contribution is 0.354. The predicted molar refractivity (Wildman–Crippen MR) is 34.5 cm³/mol. The lowest BCUT2D eigenvalue weighted by Gasteiger charge is -2.21. The number of nitrogens with zero attached hydrogens (tertiary/aromatic N) is 1. The van der Waals surface area contributed by atoms with Crippen LogP contribution in [0.15, 0.2) is 0 Å². The summed E-state index contributed by atoms with van der Waals surface area (Å²) in [5, 5.41) is 7.28. The second kappa shape index (κ2) is 2.27. The van der Waals surface area contributed by atoms with E-state index in [0.717, 1.165) is 18.7 Å². The maximum Gasteiger partial charge on any atom is 0.0357 e. The number of likely N-dealkylation sites (tertiary alicyclic amines) is 1. The fourth-order valence-electron chi connectivity index (χ4n) is 1.05. The van der Waals surface area contributed by atoms with Crippen molar-refractivity contribution < 1.29 is 0 Å². The van der Waals surface area contributed by atoms with E-state index < -0.39 is 0 Å². The summed E-state index contributed by atoms with van der Waals surface area (Å²) in [7, 11) is 2.06. The Bertz CT molecular complexity index is 98.7.